The first-order valence-corrected chi connectivity index (χ1v) is 14.5. The molecule has 0 aliphatic rings. The van der Waals surface area contributed by atoms with Crippen LogP contribution in [0.25, 0.3) is 0 Å². The van der Waals surface area contributed by atoms with Gasteiger partial charge in [-0.2, -0.15) is 5.26 Å². The molecule has 0 aliphatic carbocycles. The number of nitrogens with zero attached hydrogens (tertiary/aromatic N) is 3. The zero-order chi connectivity index (χ0) is 32.1. The van der Waals surface area contributed by atoms with Gasteiger partial charge in [0.25, 0.3) is 11.8 Å². The number of carbonyl (C=O) groups is 4. The number of ketones is 1. The van der Waals surface area contributed by atoms with Crippen LogP contribution in [0.4, 0.5) is 0 Å². The molecule has 232 valence electrons. The zero-order valence-corrected chi connectivity index (χ0v) is 25.8. The number of aryl methyl sites for hydroxylation is 2. The Morgan fingerprint density at radius 2 is 1.79 bits per heavy atom. The summed E-state index contributed by atoms with van der Waals surface area (Å²) in [5, 5.41) is 28.7. The van der Waals surface area contributed by atoms with Gasteiger partial charge in [0.2, 0.25) is 5.91 Å². The summed E-state index contributed by atoms with van der Waals surface area (Å²) in [4.78, 5) is 53.3. The average Bonchev–Trinajstić information content (AvgIpc) is 3.40. The summed E-state index contributed by atoms with van der Waals surface area (Å²) in [7, 11) is 1.62. The molecule has 0 saturated carbocycles. The van der Waals surface area contributed by atoms with E-state index >= 15 is 0 Å². The van der Waals surface area contributed by atoms with Gasteiger partial charge in [0.1, 0.15) is 23.4 Å². The Kier molecular flexibility index (Phi) is 13.8. The molecular weight excluding hydrogens is 550 g/mol. The first-order valence-electron chi connectivity index (χ1n) is 14.5. The molecule has 1 aromatic heterocycles. The highest BCUT2D eigenvalue weighted by Gasteiger charge is 2.31. The number of carbonyl (C=O) groups excluding carboxylic acids is 4. The normalized spacial score (nSPS) is 13.5. The van der Waals surface area contributed by atoms with Gasteiger partial charge in [-0.15, -0.1) is 0 Å². The summed E-state index contributed by atoms with van der Waals surface area (Å²) < 4.78 is 4.92. The minimum atomic E-state index is -1.25. The van der Waals surface area contributed by atoms with Crippen LogP contribution >= 0.6 is 0 Å². The molecule has 0 aliphatic heterocycles. The van der Waals surface area contributed by atoms with Crippen LogP contribution in [0.2, 0.25) is 0 Å². The number of aromatic nitrogens is 1. The molecule has 0 saturated heterocycles. The van der Waals surface area contributed by atoms with E-state index < -0.39 is 29.8 Å². The van der Waals surface area contributed by atoms with E-state index in [0.29, 0.717) is 31.6 Å². The lowest BCUT2D eigenvalue weighted by Gasteiger charge is -2.23. The van der Waals surface area contributed by atoms with Gasteiger partial charge in [-0.3, -0.25) is 19.2 Å². The largest absolute Gasteiger partial charge is 0.391 e. The number of amides is 3. The van der Waals surface area contributed by atoms with E-state index in [1.807, 2.05) is 51.1 Å². The lowest BCUT2D eigenvalue weighted by molar-refractivity contribution is -0.131. The summed E-state index contributed by atoms with van der Waals surface area (Å²) in [5.41, 5.74) is 2.06. The van der Waals surface area contributed by atoms with Gasteiger partial charge in [-0.1, -0.05) is 61.3 Å². The number of hydrogen-bond donors (Lipinski definition) is 3. The number of nitriles is 1. The van der Waals surface area contributed by atoms with Crippen LogP contribution in [0.5, 0.6) is 0 Å². The second-order valence-electron chi connectivity index (χ2n) is 11.2. The van der Waals surface area contributed by atoms with E-state index in [2.05, 4.69) is 15.8 Å². The second kappa shape index (κ2) is 17.0. The SMILES string of the molecule is Cc1ccc(CNC(=O)[C@H](CCCCN(C)C(=O)C(C#N)=CC(C)C)CC(=O)[C@@H](NC(=O)c2cc(C)on2)[C@@H](C)O)cc1. The zero-order valence-electron chi connectivity index (χ0n) is 25.8. The number of hydrogen-bond acceptors (Lipinski definition) is 8. The Morgan fingerprint density at radius 3 is 2.35 bits per heavy atom. The number of rotatable bonds is 16. The van der Waals surface area contributed by atoms with Gasteiger partial charge >= 0.3 is 0 Å². The number of aliphatic hydroxyl groups is 1. The molecule has 0 radical (unpaired) electrons. The van der Waals surface area contributed by atoms with E-state index in [4.69, 9.17) is 4.52 Å². The third-order valence-electron chi connectivity index (χ3n) is 6.88. The Hall–Kier alpha value is -4.30. The van der Waals surface area contributed by atoms with Crippen LogP contribution in [0.1, 0.15) is 73.8 Å². The number of likely N-dealkylation sites (N-methyl/N-ethyl adjacent to an activating group) is 1. The molecule has 1 aromatic carbocycles. The molecule has 11 heteroatoms. The molecule has 0 unspecified atom stereocenters. The Balaban J connectivity index is 2.09. The summed E-state index contributed by atoms with van der Waals surface area (Å²) >= 11 is 0. The van der Waals surface area contributed by atoms with Crippen molar-refractivity contribution in [3.05, 3.63) is 64.6 Å². The Labute approximate surface area is 253 Å². The van der Waals surface area contributed by atoms with Crippen LogP contribution in [0, 0.1) is 37.0 Å². The number of allylic oxidation sites excluding steroid dienone is 1. The third kappa shape index (κ3) is 11.5. The highest BCUT2D eigenvalue weighted by atomic mass is 16.5. The monoisotopic (exact) mass is 593 g/mol. The Morgan fingerprint density at radius 1 is 1.12 bits per heavy atom. The van der Waals surface area contributed by atoms with Crippen LogP contribution < -0.4 is 10.6 Å². The predicted octanol–water partition coefficient (Wildman–Crippen LogP) is 3.40. The lowest BCUT2D eigenvalue weighted by atomic mass is 9.91. The average molecular weight is 594 g/mol. The molecule has 2 rings (SSSR count). The van der Waals surface area contributed by atoms with E-state index in [0.717, 1.165) is 11.1 Å². The molecule has 0 fully saturated rings. The molecule has 0 spiro atoms. The van der Waals surface area contributed by atoms with Crippen molar-refractivity contribution in [1.82, 2.24) is 20.7 Å². The van der Waals surface area contributed by atoms with Crippen molar-refractivity contribution in [3.63, 3.8) is 0 Å². The summed E-state index contributed by atoms with van der Waals surface area (Å²) in [5.74, 6) is -2.12. The quantitative estimate of drug-likeness (QED) is 0.151. The first-order chi connectivity index (χ1) is 20.3. The molecule has 1 heterocycles. The molecule has 3 amide bonds. The minimum absolute atomic E-state index is 0.0233. The van der Waals surface area contributed by atoms with E-state index in [9.17, 15) is 29.5 Å². The van der Waals surface area contributed by atoms with Gasteiger partial charge < -0.3 is 25.2 Å². The maximum absolute atomic E-state index is 13.3. The first kappa shape index (κ1) is 34.9. The van der Waals surface area contributed by atoms with Crippen molar-refractivity contribution >= 4 is 23.5 Å². The summed E-state index contributed by atoms with van der Waals surface area (Å²) in [6.45, 7) is 9.40. The second-order valence-corrected chi connectivity index (χ2v) is 11.2. The highest BCUT2D eigenvalue weighted by molar-refractivity contribution is 5.98. The topological polar surface area (TPSA) is 166 Å². The summed E-state index contributed by atoms with van der Waals surface area (Å²) in [6, 6.07) is 9.84. The van der Waals surface area contributed by atoms with Crippen molar-refractivity contribution < 1.29 is 28.8 Å². The highest BCUT2D eigenvalue weighted by Crippen LogP contribution is 2.18. The van der Waals surface area contributed by atoms with Gasteiger partial charge in [0.15, 0.2) is 11.5 Å². The fourth-order valence-corrected chi connectivity index (χ4v) is 4.43. The van der Waals surface area contributed by atoms with Crippen molar-refractivity contribution in [3.8, 4) is 6.07 Å². The van der Waals surface area contributed by atoms with E-state index in [-0.39, 0.29) is 42.0 Å². The molecule has 11 nitrogen and oxygen atoms in total. The maximum Gasteiger partial charge on any atom is 0.274 e. The molecule has 2 aromatic rings. The van der Waals surface area contributed by atoms with Crippen LogP contribution in [0.15, 0.2) is 46.5 Å². The third-order valence-corrected chi connectivity index (χ3v) is 6.88. The maximum atomic E-state index is 13.3. The number of Topliss-reactive ketones (excluding diaryl/α,β-unsaturated/α-hetero) is 1. The van der Waals surface area contributed by atoms with Crippen molar-refractivity contribution in [2.75, 3.05) is 13.6 Å². The fourth-order valence-electron chi connectivity index (χ4n) is 4.43. The van der Waals surface area contributed by atoms with Crippen LogP contribution in [0.3, 0.4) is 0 Å². The van der Waals surface area contributed by atoms with E-state index in [1.54, 1.807) is 20.0 Å². The molecule has 0 bridgehead atoms. The number of unbranched alkanes of at least 4 members (excludes halogenated alkanes) is 1. The summed E-state index contributed by atoms with van der Waals surface area (Å²) in [6.07, 6.45) is 1.60. The number of aliphatic hydroxyl groups excluding tert-OH is 1. The number of benzene rings is 1. The van der Waals surface area contributed by atoms with Crippen molar-refractivity contribution in [2.45, 2.75) is 79.0 Å². The molecule has 43 heavy (non-hydrogen) atoms. The Bertz CT molecular complexity index is 1320. The van der Waals surface area contributed by atoms with Gasteiger partial charge in [0.05, 0.1) is 6.10 Å². The predicted molar refractivity (Wildman–Crippen MR) is 160 cm³/mol. The van der Waals surface area contributed by atoms with Gasteiger partial charge in [-0.05, 0) is 45.1 Å². The van der Waals surface area contributed by atoms with E-state index in [1.165, 1.54) is 17.9 Å². The van der Waals surface area contributed by atoms with Crippen molar-refractivity contribution in [1.29, 1.82) is 5.26 Å². The lowest BCUT2D eigenvalue weighted by Crippen LogP contribution is -2.49. The number of nitrogens with one attached hydrogen (secondary N) is 2. The molecule has 3 N–H and O–H groups in total. The van der Waals surface area contributed by atoms with Crippen LogP contribution in [-0.2, 0) is 20.9 Å². The molecule has 3 atom stereocenters. The smallest absolute Gasteiger partial charge is 0.274 e. The standard InChI is InChI=1S/C32H43N5O6/c1-20(2)15-26(18-33)32(42)37(6)14-8-7-9-25(30(40)34-19-24-12-10-21(3)11-13-24)17-28(39)29(23(5)38)35-31(41)27-16-22(4)43-36-27/h10-13,15-16,20,23,25,29,38H,7-9,14,17,19H2,1-6H3,(H,34,40)(H,35,41)/t23-,25-,29+/m1/s1. The minimum Gasteiger partial charge on any atom is -0.391 e. The van der Waals surface area contributed by atoms with Crippen molar-refractivity contribution in [2.24, 2.45) is 11.8 Å². The van der Waals surface area contributed by atoms with Crippen LogP contribution in [-0.4, -0.2) is 64.4 Å². The fraction of sp³-hybridized carbons (Fsp3) is 0.500. The van der Waals surface area contributed by atoms with Gasteiger partial charge in [-0.25, -0.2) is 0 Å². The van der Waals surface area contributed by atoms with Gasteiger partial charge in [0, 0.05) is 38.5 Å². The molecular formula is C32H43N5O6.